The largest absolute Gasteiger partial charge is 0.375 e. The van der Waals surface area contributed by atoms with Gasteiger partial charge in [0.05, 0.1) is 0 Å². The summed E-state index contributed by atoms with van der Waals surface area (Å²) in [7, 11) is 0. The summed E-state index contributed by atoms with van der Waals surface area (Å²) in [6, 6.07) is 5.44. The van der Waals surface area contributed by atoms with E-state index in [0.29, 0.717) is 5.82 Å². The van der Waals surface area contributed by atoms with Gasteiger partial charge < -0.3 is 5.73 Å². The monoisotopic (exact) mass is 195 g/mol. The lowest BCUT2D eigenvalue weighted by Gasteiger charge is -1.99. The number of nitrogens with one attached hydrogen (secondary N) is 2. The van der Waals surface area contributed by atoms with Crippen LogP contribution in [0.4, 0.5) is 5.82 Å². The van der Waals surface area contributed by atoms with Crippen LogP contribution in [-0.4, -0.2) is 16.4 Å². The standard InChI is InChI=1S/C7H9N5S/c8-7(13)12-11-5-10-6-3-1-2-4-9-6/h1-5H,(H3,8,12,13)(H,9,10,11). The number of hydrogen-bond donors (Lipinski definition) is 3. The van der Waals surface area contributed by atoms with Crippen molar-refractivity contribution in [2.75, 3.05) is 0 Å². The Labute approximate surface area is 81.0 Å². The van der Waals surface area contributed by atoms with Gasteiger partial charge in [0.25, 0.3) is 0 Å². The SMILES string of the molecule is NC(=S)NNC=Nc1ccccn1. The molecule has 0 aliphatic heterocycles. The summed E-state index contributed by atoms with van der Waals surface area (Å²) in [6.45, 7) is 0. The molecule has 0 atom stereocenters. The topological polar surface area (TPSA) is 75.3 Å². The van der Waals surface area contributed by atoms with Crippen LogP contribution in [-0.2, 0) is 0 Å². The quantitative estimate of drug-likeness (QED) is 0.275. The number of pyridine rings is 1. The molecule has 4 N–H and O–H groups in total. The lowest BCUT2D eigenvalue weighted by Crippen LogP contribution is -2.39. The van der Waals surface area contributed by atoms with E-state index in [0.717, 1.165) is 0 Å². The zero-order chi connectivity index (χ0) is 9.52. The summed E-state index contributed by atoms with van der Waals surface area (Å²) < 4.78 is 0. The van der Waals surface area contributed by atoms with Gasteiger partial charge in [-0.05, 0) is 24.4 Å². The highest BCUT2D eigenvalue weighted by atomic mass is 32.1. The number of nitrogens with zero attached hydrogens (tertiary/aromatic N) is 2. The predicted molar refractivity (Wildman–Crippen MR) is 55.4 cm³/mol. The van der Waals surface area contributed by atoms with Crippen molar-refractivity contribution in [3.63, 3.8) is 0 Å². The van der Waals surface area contributed by atoms with Crippen LogP contribution >= 0.6 is 12.2 Å². The molecule has 0 saturated carbocycles. The van der Waals surface area contributed by atoms with Gasteiger partial charge in [-0.3, -0.25) is 10.9 Å². The molecule has 0 spiro atoms. The van der Waals surface area contributed by atoms with Crippen LogP contribution in [0.25, 0.3) is 0 Å². The maximum absolute atomic E-state index is 5.15. The molecule has 1 aromatic rings. The highest BCUT2D eigenvalue weighted by molar-refractivity contribution is 7.80. The Hall–Kier alpha value is -1.69. The number of nitrogens with two attached hydrogens (primary N) is 1. The third-order valence-electron chi connectivity index (χ3n) is 1.11. The van der Waals surface area contributed by atoms with Crippen LogP contribution in [0.1, 0.15) is 0 Å². The van der Waals surface area contributed by atoms with E-state index in [1.54, 1.807) is 12.3 Å². The number of aliphatic imine (C=N–C) groups is 1. The highest BCUT2D eigenvalue weighted by Gasteiger charge is 1.84. The second kappa shape index (κ2) is 5.04. The van der Waals surface area contributed by atoms with Gasteiger partial charge in [0, 0.05) is 6.20 Å². The second-order valence-electron chi connectivity index (χ2n) is 2.08. The van der Waals surface area contributed by atoms with Gasteiger partial charge in [0.15, 0.2) is 10.9 Å². The van der Waals surface area contributed by atoms with Crippen molar-refractivity contribution >= 4 is 29.5 Å². The predicted octanol–water partition coefficient (Wildman–Crippen LogP) is 0.0792. The molecule has 13 heavy (non-hydrogen) atoms. The first-order chi connectivity index (χ1) is 6.29. The minimum absolute atomic E-state index is 0.160. The Balaban J connectivity index is 2.37. The molecule has 6 heteroatoms. The van der Waals surface area contributed by atoms with Gasteiger partial charge in [-0.2, -0.15) is 0 Å². The van der Waals surface area contributed by atoms with Crippen LogP contribution in [0.5, 0.6) is 0 Å². The second-order valence-corrected chi connectivity index (χ2v) is 2.52. The van der Waals surface area contributed by atoms with Crippen molar-refractivity contribution in [3.8, 4) is 0 Å². The van der Waals surface area contributed by atoms with Crippen LogP contribution in [0.15, 0.2) is 29.4 Å². The molecule has 0 bridgehead atoms. The first-order valence-corrected chi connectivity index (χ1v) is 3.94. The molecule has 0 amide bonds. The van der Waals surface area contributed by atoms with Crippen molar-refractivity contribution in [2.24, 2.45) is 10.7 Å². The Kier molecular flexibility index (Phi) is 3.65. The normalized spacial score (nSPS) is 9.85. The molecule has 1 aromatic heterocycles. The average Bonchev–Trinajstić information content (AvgIpc) is 2.14. The zero-order valence-corrected chi connectivity index (χ0v) is 7.58. The minimum Gasteiger partial charge on any atom is -0.375 e. The zero-order valence-electron chi connectivity index (χ0n) is 6.77. The van der Waals surface area contributed by atoms with Crippen LogP contribution in [0.3, 0.4) is 0 Å². The highest BCUT2D eigenvalue weighted by Crippen LogP contribution is 2.02. The maximum Gasteiger partial charge on any atom is 0.182 e. The molecule has 0 saturated heterocycles. The van der Waals surface area contributed by atoms with E-state index in [-0.39, 0.29) is 5.11 Å². The third kappa shape index (κ3) is 4.02. The number of thiocarbonyl (C=S) groups is 1. The molecule has 0 aromatic carbocycles. The van der Waals surface area contributed by atoms with Crippen molar-refractivity contribution in [1.82, 2.24) is 15.8 Å². The van der Waals surface area contributed by atoms with E-state index < -0.39 is 0 Å². The fourth-order valence-corrected chi connectivity index (χ4v) is 0.691. The lowest BCUT2D eigenvalue weighted by atomic mass is 10.5. The third-order valence-corrected chi connectivity index (χ3v) is 1.21. The van der Waals surface area contributed by atoms with Gasteiger partial charge in [-0.25, -0.2) is 9.98 Å². The summed E-state index contributed by atoms with van der Waals surface area (Å²) >= 11 is 4.55. The fraction of sp³-hybridized carbons (Fsp3) is 0. The van der Waals surface area contributed by atoms with Crippen molar-refractivity contribution in [3.05, 3.63) is 24.4 Å². The molecule has 0 aliphatic rings. The number of aromatic nitrogens is 1. The smallest absolute Gasteiger partial charge is 0.182 e. The Bertz CT molecular complexity index is 297. The molecule has 0 unspecified atom stereocenters. The van der Waals surface area contributed by atoms with E-state index in [4.69, 9.17) is 5.73 Å². The van der Waals surface area contributed by atoms with E-state index in [9.17, 15) is 0 Å². The summed E-state index contributed by atoms with van der Waals surface area (Å²) in [4.78, 5) is 7.92. The van der Waals surface area contributed by atoms with Crippen LogP contribution < -0.4 is 16.6 Å². The molecule has 0 aliphatic carbocycles. The molecule has 1 heterocycles. The van der Waals surface area contributed by atoms with Crippen LogP contribution in [0, 0.1) is 0 Å². The summed E-state index contributed by atoms with van der Waals surface area (Å²) in [5.74, 6) is 0.611. The molecule has 5 nitrogen and oxygen atoms in total. The van der Waals surface area contributed by atoms with E-state index >= 15 is 0 Å². The van der Waals surface area contributed by atoms with E-state index in [1.807, 2.05) is 12.1 Å². The fourth-order valence-electron chi connectivity index (χ4n) is 0.632. The van der Waals surface area contributed by atoms with E-state index in [1.165, 1.54) is 6.34 Å². The van der Waals surface area contributed by atoms with Gasteiger partial charge in [0.2, 0.25) is 0 Å². The Morgan fingerprint density at radius 3 is 3.08 bits per heavy atom. The summed E-state index contributed by atoms with van der Waals surface area (Å²) in [5, 5.41) is 0.160. The van der Waals surface area contributed by atoms with Crippen LogP contribution in [0.2, 0.25) is 0 Å². The first kappa shape index (κ1) is 9.40. The molecular formula is C7H9N5S. The number of hydrazine groups is 1. The van der Waals surface area contributed by atoms with Gasteiger partial charge in [0.1, 0.15) is 6.34 Å². The van der Waals surface area contributed by atoms with Crippen molar-refractivity contribution in [2.45, 2.75) is 0 Å². The number of rotatable bonds is 3. The Morgan fingerprint density at radius 1 is 1.62 bits per heavy atom. The number of hydrogen-bond acceptors (Lipinski definition) is 3. The van der Waals surface area contributed by atoms with E-state index in [2.05, 4.69) is 33.0 Å². The molecule has 0 fully saturated rings. The average molecular weight is 195 g/mol. The van der Waals surface area contributed by atoms with Crippen molar-refractivity contribution in [1.29, 1.82) is 0 Å². The van der Waals surface area contributed by atoms with Gasteiger partial charge in [-0.15, -0.1) is 0 Å². The summed E-state index contributed by atoms with van der Waals surface area (Å²) in [6.07, 6.45) is 3.08. The minimum atomic E-state index is 0.160. The molecule has 68 valence electrons. The molecular weight excluding hydrogens is 186 g/mol. The molecule has 1 rings (SSSR count). The van der Waals surface area contributed by atoms with Gasteiger partial charge in [-0.1, -0.05) is 6.07 Å². The Morgan fingerprint density at radius 2 is 2.46 bits per heavy atom. The maximum atomic E-state index is 5.15. The van der Waals surface area contributed by atoms with Crippen molar-refractivity contribution < 1.29 is 0 Å². The molecule has 0 radical (unpaired) electrons. The van der Waals surface area contributed by atoms with Gasteiger partial charge >= 0.3 is 0 Å². The summed E-state index contributed by atoms with van der Waals surface area (Å²) in [5.41, 5.74) is 10.2. The first-order valence-electron chi connectivity index (χ1n) is 3.53. The lowest BCUT2D eigenvalue weighted by molar-refractivity contribution is 0.886.